The largest absolute Gasteiger partial charge is 0.444 e. The monoisotopic (exact) mass is 1120 g/mol. The lowest BCUT2D eigenvalue weighted by Gasteiger charge is -2.36. The Morgan fingerprint density at radius 3 is 1.58 bits per heavy atom. The van der Waals surface area contributed by atoms with Crippen LogP contribution in [0.4, 0.5) is 53.9 Å². The topological polar surface area (TPSA) is 190 Å². The van der Waals surface area contributed by atoms with Gasteiger partial charge in [0.15, 0.2) is 23.3 Å². The first-order valence-corrected chi connectivity index (χ1v) is 26.9. The number of benzene rings is 4. The van der Waals surface area contributed by atoms with Crippen LogP contribution in [0.15, 0.2) is 108 Å². The third-order valence-corrected chi connectivity index (χ3v) is 14.4. The van der Waals surface area contributed by atoms with Crippen LogP contribution in [0.25, 0.3) is 21.1 Å². The van der Waals surface area contributed by atoms with Crippen molar-refractivity contribution >= 4 is 63.3 Å². The predicted molar refractivity (Wildman–Crippen MR) is 290 cm³/mol. The number of nitrogens with two attached hydrogens (primary N) is 1. The van der Waals surface area contributed by atoms with E-state index < -0.39 is 58.4 Å². The van der Waals surface area contributed by atoms with E-state index in [1.807, 2.05) is 4.90 Å². The second kappa shape index (κ2) is 24.3. The molecule has 412 valence electrons. The molecule has 4 aromatic carbocycles. The lowest BCUT2D eigenvalue weighted by atomic mass is 10.0. The predicted octanol–water partition coefficient (Wildman–Crippen LogP) is 10.9. The fraction of sp³-hybridized carbons (Fsp3) is 0.291. The Bertz CT molecular complexity index is 3490. The first kappa shape index (κ1) is 55.7. The molecule has 24 heteroatoms. The molecule has 2 aliphatic heterocycles. The van der Waals surface area contributed by atoms with Gasteiger partial charge in [0.1, 0.15) is 38.6 Å². The summed E-state index contributed by atoms with van der Waals surface area (Å²) in [7, 11) is 0. The molecule has 0 radical (unpaired) electrons. The minimum Gasteiger partial charge on any atom is -0.444 e. The summed E-state index contributed by atoms with van der Waals surface area (Å²) in [6.07, 6.45) is 8.95. The number of carbonyl (C=O) groups excluding carboxylic acids is 3. The van der Waals surface area contributed by atoms with Crippen molar-refractivity contribution in [2.75, 3.05) is 46.6 Å². The molecule has 0 aliphatic carbocycles. The van der Waals surface area contributed by atoms with E-state index in [1.54, 1.807) is 73.2 Å². The summed E-state index contributed by atoms with van der Waals surface area (Å²) in [5, 5.41) is 21.0. The standard InChI is InChI=1S/C30H31F3N6O3S.C25H23F3N6OS/c1-30(2,3)42-29(41)35-20-8-6-12-38(16-20)26-22(32)10-5-11-23(26)36-27(40)24-17-43-28(37-24)19-13-34-39(15-19)14-18-7-4-9-21(31)25(18)33;26-18-6-1-4-15(22(18)28)11-34-12-16(10-30-34)25-32-21(14-36-25)24(35)31-20-8-2-7-19(27)23(20)33-9-3-5-17(29)13-33/h4-5,7,9-11,13,15,17,20H,6,8,12,14,16H2,1-3H3,(H,35,41)(H,36,40);1-2,4,6-8,10,12,14,17H,3,5,9,11,13,29H2,(H,31,35)/t20-;17-/m11/s1. The van der Waals surface area contributed by atoms with Gasteiger partial charge >= 0.3 is 6.09 Å². The van der Waals surface area contributed by atoms with Crippen LogP contribution < -0.4 is 31.5 Å². The van der Waals surface area contributed by atoms with E-state index in [0.29, 0.717) is 71.5 Å². The second-order valence-electron chi connectivity index (χ2n) is 19.8. The number of nitrogens with zero attached hydrogens (tertiary/aromatic N) is 8. The fourth-order valence-electron chi connectivity index (χ4n) is 9.07. The Morgan fingerprint density at radius 1 is 0.646 bits per heavy atom. The number of amides is 3. The maximum Gasteiger partial charge on any atom is 0.407 e. The molecule has 10 rings (SSSR count). The van der Waals surface area contributed by atoms with E-state index in [0.717, 1.165) is 25.0 Å². The van der Waals surface area contributed by atoms with E-state index in [2.05, 4.69) is 36.1 Å². The van der Waals surface area contributed by atoms with Gasteiger partial charge in [-0.15, -0.1) is 22.7 Å². The molecule has 79 heavy (non-hydrogen) atoms. The molecule has 2 aliphatic rings. The molecule has 4 aromatic heterocycles. The van der Waals surface area contributed by atoms with Crippen molar-refractivity contribution in [2.45, 2.75) is 77.2 Å². The summed E-state index contributed by atoms with van der Waals surface area (Å²) in [6, 6.07) is 16.6. The van der Waals surface area contributed by atoms with Gasteiger partial charge in [0.2, 0.25) is 0 Å². The summed E-state index contributed by atoms with van der Waals surface area (Å²) in [4.78, 5) is 50.9. The SMILES string of the molecule is CC(C)(C)OC(=O)N[C@@H]1CCCN(c2c(F)cccc2NC(=O)c2csc(-c3cnn(Cc4cccc(F)c4F)c3)n2)C1.N[C@@H]1CCCN(c2c(F)cccc2NC(=O)c2csc(-c3cnn(Cc4cccc(F)c4F)c3)n2)C1. The van der Waals surface area contributed by atoms with E-state index in [-0.39, 0.29) is 59.1 Å². The highest BCUT2D eigenvalue weighted by molar-refractivity contribution is 7.13. The zero-order valence-corrected chi connectivity index (χ0v) is 44.6. The fourth-order valence-corrected chi connectivity index (χ4v) is 10.6. The second-order valence-corrected chi connectivity index (χ2v) is 21.5. The molecular formula is C55H54F6N12O4S2. The third kappa shape index (κ3) is 13.8. The Kier molecular flexibility index (Phi) is 17.1. The van der Waals surface area contributed by atoms with Crippen molar-refractivity contribution in [1.82, 2.24) is 34.8 Å². The van der Waals surface area contributed by atoms with Crippen LogP contribution in [0, 0.1) is 34.9 Å². The number of hydrogen-bond donors (Lipinski definition) is 4. The number of rotatable bonds is 13. The molecule has 16 nitrogen and oxygen atoms in total. The first-order valence-electron chi connectivity index (χ1n) is 25.1. The summed E-state index contributed by atoms with van der Waals surface area (Å²) in [5.41, 5.74) is 8.47. The van der Waals surface area contributed by atoms with Crippen LogP contribution in [-0.2, 0) is 17.8 Å². The van der Waals surface area contributed by atoms with E-state index in [4.69, 9.17) is 10.5 Å². The zero-order valence-electron chi connectivity index (χ0n) is 43.0. The molecule has 0 saturated carbocycles. The number of alkyl carbamates (subject to hydrolysis) is 1. The van der Waals surface area contributed by atoms with Crippen molar-refractivity contribution in [3.63, 3.8) is 0 Å². The molecule has 8 aromatic rings. The van der Waals surface area contributed by atoms with E-state index in [9.17, 15) is 36.3 Å². The van der Waals surface area contributed by atoms with Gasteiger partial charge in [-0.2, -0.15) is 10.2 Å². The minimum absolute atomic E-state index is 0.0231. The number of nitrogens with one attached hydrogen (secondary N) is 3. The summed E-state index contributed by atoms with van der Waals surface area (Å²) in [6.45, 7) is 7.46. The van der Waals surface area contributed by atoms with Gasteiger partial charge in [0.05, 0.1) is 48.2 Å². The smallest absolute Gasteiger partial charge is 0.407 e. The average Bonchev–Trinajstić information content (AvgIpc) is 4.27. The molecule has 6 heterocycles. The highest BCUT2D eigenvalue weighted by atomic mass is 32.1. The van der Waals surface area contributed by atoms with Crippen LogP contribution in [0.1, 0.15) is 78.6 Å². The first-order chi connectivity index (χ1) is 37.8. The lowest BCUT2D eigenvalue weighted by Crippen LogP contribution is -2.49. The summed E-state index contributed by atoms with van der Waals surface area (Å²) < 4.78 is 93.3. The van der Waals surface area contributed by atoms with E-state index in [1.165, 1.54) is 80.7 Å². The number of carbonyl (C=O) groups is 3. The number of aromatic nitrogens is 6. The normalized spacial score (nSPS) is 15.5. The molecule has 2 saturated heterocycles. The molecule has 5 N–H and O–H groups in total. The van der Waals surface area contributed by atoms with Gasteiger partial charge in [0, 0.05) is 83.7 Å². The maximum absolute atomic E-state index is 15.2. The third-order valence-electron chi connectivity index (χ3n) is 12.7. The Labute approximate surface area is 458 Å². The van der Waals surface area contributed by atoms with Crippen molar-refractivity contribution in [3.8, 4) is 21.1 Å². The molecule has 2 atom stereocenters. The van der Waals surface area contributed by atoms with Crippen LogP contribution in [0.2, 0.25) is 0 Å². The van der Waals surface area contributed by atoms with Crippen LogP contribution in [0.3, 0.4) is 0 Å². The molecule has 3 amide bonds. The van der Waals surface area contributed by atoms with Gasteiger partial charge < -0.3 is 36.2 Å². The number of halogens is 6. The highest BCUT2D eigenvalue weighted by Gasteiger charge is 2.29. The molecular weight excluding hydrogens is 1070 g/mol. The Hall–Kier alpha value is -8.09. The number of anilines is 4. The lowest BCUT2D eigenvalue weighted by molar-refractivity contribution is 0.0499. The van der Waals surface area contributed by atoms with Gasteiger partial charge in [0.25, 0.3) is 11.8 Å². The minimum atomic E-state index is -0.931. The maximum atomic E-state index is 15.2. The summed E-state index contributed by atoms with van der Waals surface area (Å²) >= 11 is 2.46. The summed E-state index contributed by atoms with van der Waals surface area (Å²) in [5.74, 6) is -5.61. The van der Waals surface area contributed by atoms with Gasteiger partial charge in [-0.3, -0.25) is 19.0 Å². The van der Waals surface area contributed by atoms with Crippen molar-refractivity contribution in [1.29, 1.82) is 0 Å². The Balaban J connectivity index is 0.000000195. The number of ether oxygens (including phenoxy) is 1. The van der Waals surface area contributed by atoms with Gasteiger partial charge in [-0.25, -0.2) is 41.1 Å². The van der Waals surface area contributed by atoms with Gasteiger partial charge in [-0.05, 0) is 82.9 Å². The molecule has 0 spiro atoms. The van der Waals surface area contributed by atoms with Crippen LogP contribution in [-0.4, -0.2) is 91.3 Å². The van der Waals surface area contributed by atoms with Crippen molar-refractivity contribution in [3.05, 3.63) is 166 Å². The highest BCUT2D eigenvalue weighted by Crippen LogP contribution is 2.35. The number of para-hydroxylation sites is 2. The number of piperidine rings is 2. The molecule has 0 unspecified atom stereocenters. The number of thiazole rings is 2. The zero-order chi connectivity index (χ0) is 56.0. The van der Waals surface area contributed by atoms with E-state index >= 15 is 4.39 Å². The molecule has 2 fully saturated rings. The molecule has 0 bridgehead atoms. The van der Waals surface area contributed by atoms with Crippen LogP contribution >= 0.6 is 22.7 Å². The average molecular weight is 1130 g/mol. The van der Waals surface area contributed by atoms with Crippen LogP contribution in [0.5, 0.6) is 0 Å². The van der Waals surface area contributed by atoms with Crippen molar-refractivity contribution in [2.24, 2.45) is 5.73 Å². The quantitative estimate of drug-likeness (QED) is 0.0804. The van der Waals surface area contributed by atoms with Gasteiger partial charge in [-0.1, -0.05) is 36.4 Å². The van der Waals surface area contributed by atoms with Crippen molar-refractivity contribution < 1.29 is 45.5 Å². The number of hydrogen-bond acceptors (Lipinski definition) is 13. The Morgan fingerprint density at radius 2 is 1.10 bits per heavy atom.